The molecule has 5 rings (SSSR count). The molecule has 2 fully saturated rings. The molecule has 3 atom stereocenters. The van der Waals surface area contributed by atoms with Gasteiger partial charge in [0.25, 0.3) is 5.69 Å². The molecule has 0 amide bonds. The third kappa shape index (κ3) is 4.92. The molecule has 2 unspecified atom stereocenters. The highest BCUT2D eigenvalue weighted by atomic mass is 19.1. The van der Waals surface area contributed by atoms with Crippen LogP contribution >= 0.6 is 0 Å². The lowest BCUT2D eigenvalue weighted by molar-refractivity contribution is -0.384. The zero-order valence-corrected chi connectivity index (χ0v) is 19.5. The van der Waals surface area contributed by atoms with Gasteiger partial charge >= 0.3 is 0 Å². The van der Waals surface area contributed by atoms with E-state index in [1.807, 2.05) is 12.1 Å². The van der Waals surface area contributed by atoms with Gasteiger partial charge in [-0.2, -0.15) is 0 Å². The molecule has 1 aromatic heterocycles. The minimum Gasteiger partial charge on any atom is -0.439 e. The highest BCUT2D eigenvalue weighted by Crippen LogP contribution is 2.37. The van der Waals surface area contributed by atoms with E-state index in [-0.39, 0.29) is 28.5 Å². The lowest BCUT2D eigenvalue weighted by Crippen LogP contribution is -2.61. The zero-order chi connectivity index (χ0) is 24.4. The van der Waals surface area contributed by atoms with E-state index in [1.54, 1.807) is 30.5 Å². The molecule has 3 aromatic rings. The van der Waals surface area contributed by atoms with Gasteiger partial charge in [-0.1, -0.05) is 12.8 Å². The number of rotatable bonds is 6. The fraction of sp³-hybridized carbons (Fsp3) is 0.423. The van der Waals surface area contributed by atoms with Gasteiger partial charge in [-0.25, -0.2) is 9.37 Å². The summed E-state index contributed by atoms with van der Waals surface area (Å²) in [6.07, 6.45) is 7.50. The van der Waals surface area contributed by atoms with Crippen molar-refractivity contribution in [2.45, 2.75) is 56.1 Å². The van der Waals surface area contributed by atoms with Crippen LogP contribution in [0.2, 0.25) is 0 Å². The van der Waals surface area contributed by atoms with Crippen molar-refractivity contribution in [1.82, 2.24) is 10.3 Å². The smallest absolute Gasteiger partial charge is 0.269 e. The van der Waals surface area contributed by atoms with Gasteiger partial charge in [0.05, 0.1) is 11.1 Å². The molecule has 2 aromatic carbocycles. The molecule has 2 heterocycles. The zero-order valence-electron chi connectivity index (χ0n) is 19.5. The summed E-state index contributed by atoms with van der Waals surface area (Å²) in [4.78, 5) is 17.4. The van der Waals surface area contributed by atoms with Crippen LogP contribution in [0.3, 0.4) is 0 Å². The van der Waals surface area contributed by atoms with E-state index in [4.69, 9.17) is 10.2 Å². The Bertz CT molecular complexity index is 1170. The molecule has 1 aliphatic carbocycles. The molecule has 9 heteroatoms. The highest BCUT2D eigenvalue weighted by molar-refractivity contribution is 5.56. The third-order valence-corrected chi connectivity index (χ3v) is 7.27. The lowest BCUT2D eigenvalue weighted by atomic mass is 9.77. The first kappa shape index (κ1) is 23.4. The van der Waals surface area contributed by atoms with Crippen LogP contribution in [0.1, 0.15) is 44.4 Å². The molecule has 3 N–H and O–H groups in total. The van der Waals surface area contributed by atoms with E-state index in [2.05, 4.69) is 15.2 Å². The maximum atomic E-state index is 13.3. The molecule has 1 aliphatic heterocycles. The number of nitro benzene ring substituents is 1. The number of nitrogens with zero attached hydrogens (tertiary/aromatic N) is 3. The first-order chi connectivity index (χ1) is 16.9. The summed E-state index contributed by atoms with van der Waals surface area (Å²) < 4.78 is 19.4. The van der Waals surface area contributed by atoms with Gasteiger partial charge in [0.15, 0.2) is 5.76 Å². The summed E-state index contributed by atoms with van der Waals surface area (Å²) in [6, 6.07) is 13.1. The maximum Gasteiger partial charge on any atom is 0.269 e. The van der Waals surface area contributed by atoms with E-state index in [0.29, 0.717) is 11.7 Å². The van der Waals surface area contributed by atoms with Crippen LogP contribution in [0.5, 0.6) is 0 Å². The minimum atomic E-state index is -0.730. The van der Waals surface area contributed by atoms with Gasteiger partial charge in [-0.3, -0.25) is 10.1 Å². The third-order valence-electron chi connectivity index (χ3n) is 7.27. The van der Waals surface area contributed by atoms with Crippen molar-refractivity contribution in [3.05, 3.63) is 76.6 Å². The summed E-state index contributed by atoms with van der Waals surface area (Å²) in [7, 11) is 0. The highest BCUT2D eigenvalue weighted by Gasteiger charge is 2.44. The number of nitrogens with one attached hydrogen (secondary N) is 1. The summed E-state index contributed by atoms with van der Waals surface area (Å²) in [5.41, 5.74) is 8.11. The topological polar surface area (TPSA) is 110 Å². The van der Waals surface area contributed by atoms with E-state index in [9.17, 15) is 14.5 Å². The number of nitrogens with two attached hydrogens (primary N) is 1. The predicted molar refractivity (Wildman–Crippen MR) is 131 cm³/mol. The summed E-state index contributed by atoms with van der Waals surface area (Å²) in [5, 5.41) is 14.8. The number of benzene rings is 2. The second kappa shape index (κ2) is 9.75. The fourth-order valence-corrected chi connectivity index (χ4v) is 5.34. The van der Waals surface area contributed by atoms with Crippen LogP contribution < -0.4 is 16.0 Å². The first-order valence-electron chi connectivity index (χ1n) is 12.2. The number of non-ortho nitro benzene ring substituents is 1. The van der Waals surface area contributed by atoms with E-state index in [1.165, 1.54) is 12.1 Å². The van der Waals surface area contributed by atoms with E-state index >= 15 is 0 Å². The number of piperidine rings is 1. The first-order valence-corrected chi connectivity index (χ1v) is 12.2. The van der Waals surface area contributed by atoms with E-state index in [0.717, 1.165) is 62.9 Å². The van der Waals surface area contributed by atoms with Crippen molar-refractivity contribution in [1.29, 1.82) is 0 Å². The Morgan fingerprint density at radius 1 is 1.11 bits per heavy atom. The van der Waals surface area contributed by atoms with Crippen LogP contribution in [0, 0.1) is 15.9 Å². The molecule has 184 valence electrons. The van der Waals surface area contributed by atoms with Crippen molar-refractivity contribution in [2.24, 2.45) is 5.73 Å². The van der Waals surface area contributed by atoms with E-state index < -0.39 is 5.54 Å². The molecular formula is C26H30FN5O3. The fourth-order valence-electron chi connectivity index (χ4n) is 5.34. The Labute approximate surface area is 203 Å². The Kier molecular flexibility index (Phi) is 6.53. The number of halogens is 1. The molecular weight excluding hydrogens is 449 g/mol. The monoisotopic (exact) mass is 479 g/mol. The molecule has 8 nitrogen and oxygen atoms in total. The number of nitro groups is 1. The van der Waals surface area contributed by atoms with Crippen LogP contribution in [0.15, 0.2) is 59.1 Å². The van der Waals surface area contributed by atoms with Gasteiger partial charge in [-0.05, 0) is 62.1 Å². The Morgan fingerprint density at radius 2 is 1.89 bits per heavy atom. The van der Waals surface area contributed by atoms with Crippen molar-refractivity contribution in [3.8, 4) is 11.3 Å². The van der Waals surface area contributed by atoms with Gasteiger partial charge in [0.2, 0.25) is 5.89 Å². The van der Waals surface area contributed by atoms with Crippen molar-refractivity contribution >= 4 is 11.4 Å². The summed E-state index contributed by atoms with van der Waals surface area (Å²) >= 11 is 0. The predicted octanol–water partition coefficient (Wildman–Crippen LogP) is 4.74. The number of aromatic nitrogens is 1. The molecule has 35 heavy (non-hydrogen) atoms. The van der Waals surface area contributed by atoms with Crippen molar-refractivity contribution in [3.63, 3.8) is 0 Å². The molecule has 2 aliphatic rings. The molecule has 1 saturated carbocycles. The lowest BCUT2D eigenvalue weighted by Gasteiger charge is -2.43. The SMILES string of the molecule is N[C@@]1(c2ncc(-c3ccc(F)cc3)o2)CCCCC1NC1CCCN(c2ccc([N+](=O)[O-])cc2)C1. The van der Waals surface area contributed by atoms with Gasteiger partial charge < -0.3 is 20.4 Å². The average Bonchev–Trinajstić information content (AvgIpc) is 3.37. The molecule has 0 bridgehead atoms. The molecule has 0 spiro atoms. The number of oxazole rings is 1. The van der Waals surface area contributed by atoms with Crippen LogP contribution in [0.25, 0.3) is 11.3 Å². The van der Waals surface area contributed by atoms with Crippen LogP contribution in [0.4, 0.5) is 15.8 Å². The minimum absolute atomic E-state index is 0.0118. The molecule has 0 radical (unpaired) electrons. The van der Waals surface area contributed by atoms with Crippen LogP contribution in [-0.4, -0.2) is 35.1 Å². The second-order valence-corrected chi connectivity index (χ2v) is 9.60. The van der Waals surface area contributed by atoms with Gasteiger partial charge in [0, 0.05) is 48.6 Å². The van der Waals surface area contributed by atoms with Gasteiger partial charge in [0.1, 0.15) is 11.4 Å². The van der Waals surface area contributed by atoms with Crippen molar-refractivity contribution < 1.29 is 13.7 Å². The Hall–Kier alpha value is -3.30. The average molecular weight is 480 g/mol. The van der Waals surface area contributed by atoms with Crippen LogP contribution in [-0.2, 0) is 5.54 Å². The normalized spacial score (nSPS) is 24.9. The standard InChI is InChI=1S/C26H30FN5O3/c27-19-8-6-18(7-9-19)23-16-29-25(35-23)26(28)14-2-1-5-24(26)30-20-4-3-15-31(17-20)21-10-12-22(13-11-21)32(33)34/h6-13,16,20,24,30H,1-5,14-15,17,28H2/t20?,24?,26-/m0/s1. The number of anilines is 1. The Balaban J connectivity index is 1.30. The number of hydrogen-bond donors (Lipinski definition) is 2. The van der Waals surface area contributed by atoms with Gasteiger partial charge in [-0.15, -0.1) is 0 Å². The maximum absolute atomic E-state index is 13.3. The van der Waals surface area contributed by atoms with Crippen molar-refractivity contribution in [2.75, 3.05) is 18.0 Å². The second-order valence-electron chi connectivity index (χ2n) is 9.60. The quantitative estimate of drug-likeness (QED) is 0.388. The number of hydrogen-bond acceptors (Lipinski definition) is 7. The largest absolute Gasteiger partial charge is 0.439 e. The molecule has 1 saturated heterocycles. The Morgan fingerprint density at radius 3 is 2.63 bits per heavy atom. The summed E-state index contributed by atoms with van der Waals surface area (Å²) in [5.74, 6) is 0.795. The summed E-state index contributed by atoms with van der Waals surface area (Å²) in [6.45, 7) is 1.71.